The van der Waals surface area contributed by atoms with Crippen LogP contribution in [0.15, 0.2) is 5.10 Å². The minimum atomic E-state index is 0.0823. The monoisotopic (exact) mass is 197 g/mol. The molecule has 1 aliphatic carbocycles. The van der Waals surface area contributed by atoms with Crippen molar-refractivity contribution in [2.45, 2.75) is 44.9 Å². The largest absolute Gasteiger partial charge is 0.365 e. The van der Waals surface area contributed by atoms with Crippen molar-refractivity contribution in [3.63, 3.8) is 0 Å². The molecule has 4 heteroatoms. The minimum absolute atomic E-state index is 0.0823. The number of hydrogen-bond donors (Lipinski definition) is 3. The van der Waals surface area contributed by atoms with Crippen LogP contribution in [0.3, 0.4) is 0 Å². The molecule has 1 rings (SSSR count). The summed E-state index contributed by atoms with van der Waals surface area (Å²) < 4.78 is 0. The summed E-state index contributed by atoms with van der Waals surface area (Å²) in [4.78, 5) is 0. The van der Waals surface area contributed by atoms with E-state index in [1.54, 1.807) is 0 Å². The second kappa shape index (κ2) is 6.40. The Morgan fingerprint density at radius 3 is 2.64 bits per heavy atom. The number of guanidine groups is 1. The molecule has 0 aromatic heterocycles. The van der Waals surface area contributed by atoms with Gasteiger partial charge in [-0.05, 0) is 12.3 Å². The fourth-order valence-corrected chi connectivity index (χ4v) is 1.98. The predicted molar refractivity (Wildman–Crippen MR) is 58.6 cm³/mol. The van der Waals surface area contributed by atoms with Gasteiger partial charge in [0.15, 0.2) is 6.21 Å². The van der Waals surface area contributed by atoms with Crippen LogP contribution in [0.4, 0.5) is 0 Å². The van der Waals surface area contributed by atoms with E-state index in [4.69, 9.17) is 11.5 Å². The molecule has 0 aliphatic heterocycles. The van der Waals surface area contributed by atoms with Crippen LogP contribution in [0.1, 0.15) is 44.9 Å². The Morgan fingerprint density at radius 1 is 1.29 bits per heavy atom. The molecule has 0 unspecified atom stereocenters. The van der Waals surface area contributed by atoms with Gasteiger partial charge in [-0.15, -0.1) is 5.10 Å². The van der Waals surface area contributed by atoms with E-state index >= 15 is 0 Å². The highest BCUT2D eigenvalue weighted by atomic mass is 15.3. The first-order chi connectivity index (χ1) is 6.79. The summed E-state index contributed by atoms with van der Waals surface area (Å²) in [6, 6.07) is 0. The summed E-state index contributed by atoms with van der Waals surface area (Å²) in [6.45, 7) is 0. The summed E-state index contributed by atoms with van der Waals surface area (Å²) in [6.07, 6.45) is 11.3. The molecule has 0 amide bonds. The minimum Gasteiger partial charge on any atom is -0.365 e. The summed E-state index contributed by atoms with van der Waals surface area (Å²) in [5.41, 5.74) is 10.3. The Morgan fingerprint density at radius 2 is 2.00 bits per heavy atom. The predicted octanol–water partition coefficient (Wildman–Crippen LogP) is -0.313. The van der Waals surface area contributed by atoms with Crippen molar-refractivity contribution in [3.8, 4) is 0 Å². The van der Waals surface area contributed by atoms with Gasteiger partial charge in [-0.3, -0.25) is 0 Å². The molecule has 5 N–H and O–H groups in total. The highest BCUT2D eigenvalue weighted by molar-refractivity contribution is 5.74. The van der Waals surface area contributed by atoms with Crippen LogP contribution in [0.25, 0.3) is 0 Å². The van der Waals surface area contributed by atoms with E-state index in [0.717, 1.165) is 12.3 Å². The lowest BCUT2D eigenvalue weighted by molar-refractivity contribution is -0.458. The zero-order valence-corrected chi connectivity index (χ0v) is 8.71. The fraction of sp³-hybridized carbons (Fsp3) is 0.800. The average molecular weight is 197 g/mol. The molecule has 0 spiro atoms. The van der Waals surface area contributed by atoms with Gasteiger partial charge in [0.25, 0.3) is 5.96 Å². The molecule has 4 nitrogen and oxygen atoms in total. The van der Waals surface area contributed by atoms with E-state index < -0.39 is 0 Å². The third-order valence-electron chi connectivity index (χ3n) is 2.73. The first-order valence-electron chi connectivity index (χ1n) is 5.45. The molecule has 0 atom stereocenters. The molecule has 0 heterocycles. The number of hydrogen-bond acceptors (Lipinski definition) is 1. The lowest BCUT2D eigenvalue weighted by atomic mass is 9.86. The number of nitrogens with one attached hydrogen (secondary N) is 1. The molecule has 80 valence electrons. The molecule has 0 aromatic rings. The maximum absolute atomic E-state index is 5.16. The first kappa shape index (κ1) is 11.0. The highest BCUT2D eigenvalue weighted by Gasteiger charge is 2.12. The molecule has 1 saturated carbocycles. The molecule has 1 aliphatic rings. The van der Waals surface area contributed by atoms with Gasteiger partial charge in [-0.1, -0.05) is 32.1 Å². The quantitative estimate of drug-likeness (QED) is 0.328. The lowest BCUT2D eigenvalue weighted by Crippen LogP contribution is -2.63. The van der Waals surface area contributed by atoms with Crippen LogP contribution in [0.2, 0.25) is 0 Å². The van der Waals surface area contributed by atoms with Crippen molar-refractivity contribution in [3.05, 3.63) is 0 Å². The van der Waals surface area contributed by atoms with Gasteiger partial charge in [0.05, 0.1) is 0 Å². The van der Waals surface area contributed by atoms with E-state index in [1.165, 1.54) is 38.5 Å². The van der Waals surface area contributed by atoms with Gasteiger partial charge in [0, 0.05) is 11.5 Å². The zero-order chi connectivity index (χ0) is 10.2. The van der Waals surface area contributed by atoms with E-state index in [9.17, 15) is 0 Å². The van der Waals surface area contributed by atoms with Gasteiger partial charge in [-0.25, -0.2) is 0 Å². The maximum Gasteiger partial charge on any atom is 0.256 e. The molecular weight excluding hydrogens is 176 g/mol. The SMILES string of the molecule is NC(N)=N[NH+]=CCCC1CCCCC1. The van der Waals surface area contributed by atoms with E-state index in [0.29, 0.717) is 0 Å². The van der Waals surface area contributed by atoms with Gasteiger partial charge in [0.1, 0.15) is 0 Å². The molecule has 14 heavy (non-hydrogen) atoms. The van der Waals surface area contributed by atoms with E-state index in [-0.39, 0.29) is 5.96 Å². The van der Waals surface area contributed by atoms with Crippen LogP contribution in [-0.2, 0) is 0 Å². The van der Waals surface area contributed by atoms with E-state index in [1.807, 2.05) is 6.21 Å². The standard InChI is InChI=1S/C10H20N4/c11-10(12)14-13-8-4-7-9-5-2-1-3-6-9/h8-9H,1-7H2,(H4,11,12,14)/p+1. The van der Waals surface area contributed by atoms with Crippen LogP contribution in [-0.4, -0.2) is 12.2 Å². The highest BCUT2D eigenvalue weighted by Crippen LogP contribution is 2.26. The third-order valence-corrected chi connectivity index (χ3v) is 2.73. The van der Waals surface area contributed by atoms with Crippen molar-refractivity contribution < 1.29 is 5.10 Å². The number of hydrazone groups is 1. The second-order valence-electron chi connectivity index (χ2n) is 3.95. The van der Waals surface area contributed by atoms with Gasteiger partial charge in [-0.2, -0.15) is 0 Å². The van der Waals surface area contributed by atoms with Gasteiger partial charge < -0.3 is 11.5 Å². The normalized spacial score (nSPS) is 18.6. The van der Waals surface area contributed by atoms with Crippen LogP contribution in [0.5, 0.6) is 0 Å². The van der Waals surface area contributed by atoms with Crippen molar-refractivity contribution in [2.24, 2.45) is 22.5 Å². The Kier molecular flexibility index (Phi) is 5.04. The van der Waals surface area contributed by atoms with Crippen molar-refractivity contribution >= 4 is 12.2 Å². The van der Waals surface area contributed by atoms with Gasteiger partial charge >= 0.3 is 0 Å². The molecule has 0 radical (unpaired) electrons. The summed E-state index contributed by atoms with van der Waals surface area (Å²) >= 11 is 0. The number of nitrogens with two attached hydrogens (primary N) is 2. The molecule has 1 fully saturated rings. The Hall–Kier alpha value is -1.06. The Labute approximate surface area is 85.5 Å². The molecule has 0 saturated heterocycles. The van der Waals surface area contributed by atoms with Crippen LogP contribution in [0, 0.1) is 5.92 Å². The molecule has 0 aromatic carbocycles. The lowest BCUT2D eigenvalue weighted by Gasteiger charge is -2.19. The number of rotatable bonds is 4. The van der Waals surface area contributed by atoms with Crippen molar-refractivity contribution in [1.82, 2.24) is 0 Å². The first-order valence-corrected chi connectivity index (χ1v) is 5.45. The van der Waals surface area contributed by atoms with Crippen molar-refractivity contribution in [2.75, 3.05) is 0 Å². The van der Waals surface area contributed by atoms with Crippen LogP contribution >= 0.6 is 0 Å². The third kappa shape index (κ3) is 4.84. The smallest absolute Gasteiger partial charge is 0.256 e. The molecule has 0 bridgehead atoms. The molecular formula is C10H21N4+. The van der Waals surface area contributed by atoms with Crippen molar-refractivity contribution in [1.29, 1.82) is 0 Å². The second-order valence-corrected chi connectivity index (χ2v) is 3.95. The average Bonchev–Trinajstić information content (AvgIpc) is 2.18. The van der Waals surface area contributed by atoms with Crippen LogP contribution < -0.4 is 16.6 Å². The zero-order valence-electron chi connectivity index (χ0n) is 8.71. The summed E-state index contributed by atoms with van der Waals surface area (Å²) in [5.74, 6) is 1.000. The fourth-order valence-electron chi connectivity index (χ4n) is 1.98. The summed E-state index contributed by atoms with van der Waals surface area (Å²) in [5, 5.41) is 6.41. The topological polar surface area (TPSA) is 78.4 Å². The number of nitrogens with zero attached hydrogens (tertiary/aromatic N) is 1. The maximum atomic E-state index is 5.16. The summed E-state index contributed by atoms with van der Waals surface area (Å²) in [7, 11) is 0. The Balaban J connectivity index is 2.08. The van der Waals surface area contributed by atoms with E-state index in [2.05, 4.69) is 10.2 Å². The Bertz CT molecular complexity index is 200. The van der Waals surface area contributed by atoms with Gasteiger partial charge in [0.2, 0.25) is 0 Å².